The van der Waals surface area contributed by atoms with Crippen molar-refractivity contribution in [2.24, 2.45) is 0 Å². The van der Waals surface area contributed by atoms with Crippen molar-refractivity contribution in [2.75, 3.05) is 5.32 Å². The summed E-state index contributed by atoms with van der Waals surface area (Å²) in [4.78, 5) is 10.7. The molecule has 1 rings (SSSR count). The second-order valence-electron chi connectivity index (χ2n) is 2.77. The lowest BCUT2D eigenvalue weighted by atomic mass is 10.2. The molecule has 0 aliphatic rings. The number of hydrogen-bond donors (Lipinski definition) is 1. The number of carbonyl (C=O) groups excluding carboxylic acids is 1. The van der Waals surface area contributed by atoms with E-state index in [-0.39, 0.29) is 11.7 Å². The van der Waals surface area contributed by atoms with E-state index in [1.165, 1.54) is 13.0 Å². The molecule has 0 aromatic heterocycles. The van der Waals surface area contributed by atoms with Gasteiger partial charge in [-0.2, -0.15) is 0 Å². The monoisotopic (exact) mass is 245 g/mol. The standard InChI is InChI=1S/C9H9BrFNO/c1-5-3-7(12-6(2)13)4-8(11)9(5)10/h3-4H,1-2H3,(H,12,13). The summed E-state index contributed by atoms with van der Waals surface area (Å²) >= 11 is 3.09. The molecule has 2 nitrogen and oxygen atoms in total. The zero-order valence-electron chi connectivity index (χ0n) is 7.32. The van der Waals surface area contributed by atoms with Crippen LogP contribution >= 0.6 is 15.9 Å². The van der Waals surface area contributed by atoms with Gasteiger partial charge in [0, 0.05) is 12.6 Å². The van der Waals surface area contributed by atoms with E-state index in [9.17, 15) is 9.18 Å². The Kier molecular flexibility index (Phi) is 3.03. The zero-order valence-corrected chi connectivity index (χ0v) is 8.90. The molecule has 0 aliphatic heterocycles. The fraction of sp³-hybridized carbons (Fsp3) is 0.222. The lowest BCUT2D eigenvalue weighted by Crippen LogP contribution is -2.06. The molecule has 70 valence electrons. The predicted molar refractivity (Wildman–Crippen MR) is 53.1 cm³/mol. The first kappa shape index (κ1) is 10.2. The molecular weight excluding hydrogens is 237 g/mol. The van der Waals surface area contributed by atoms with Crippen LogP contribution in [0.15, 0.2) is 16.6 Å². The molecule has 0 atom stereocenters. The molecule has 1 N–H and O–H groups in total. The molecule has 0 fully saturated rings. The third kappa shape index (κ3) is 2.52. The van der Waals surface area contributed by atoms with E-state index in [0.717, 1.165) is 5.56 Å². The summed E-state index contributed by atoms with van der Waals surface area (Å²) in [5.41, 5.74) is 1.23. The van der Waals surface area contributed by atoms with Crippen molar-refractivity contribution in [3.63, 3.8) is 0 Å². The largest absolute Gasteiger partial charge is 0.326 e. The van der Waals surface area contributed by atoms with E-state index in [4.69, 9.17) is 0 Å². The van der Waals surface area contributed by atoms with Crippen LogP contribution in [0.1, 0.15) is 12.5 Å². The molecule has 1 aromatic carbocycles. The fourth-order valence-corrected chi connectivity index (χ4v) is 1.23. The van der Waals surface area contributed by atoms with Gasteiger partial charge in [-0.05, 0) is 40.5 Å². The van der Waals surface area contributed by atoms with Crippen LogP contribution in [-0.2, 0) is 4.79 Å². The van der Waals surface area contributed by atoms with Gasteiger partial charge in [0.15, 0.2) is 0 Å². The van der Waals surface area contributed by atoms with Crippen LogP contribution in [0, 0.1) is 12.7 Å². The number of halogens is 2. The Hall–Kier alpha value is -0.900. The number of rotatable bonds is 1. The van der Waals surface area contributed by atoms with E-state index in [0.29, 0.717) is 10.2 Å². The average molecular weight is 246 g/mol. The minimum absolute atomic E-state index is 0.207. The predicted octanol–water partition coefficient (Wildman–Crippen LogP) is 2.86. The summed E-state index contributed by atoms with van der Waals surface area (Å²) < 4.78 is 13.5. The molecule has 0 saturated heterocycles. The van der Waals surface area contributed by atoms with Crippen LogP contribution in [0.3, 0.4) is 0 Å². The third-order valence-electron chi connectivity index (χ3n) is 1.53. The van der Waals surface area contributed by atoms with E-state index in [1.807, 2.05) is 0 Å². The first-order valence-corrected chi connectivity index (χ1v) is 4.53. The van der Waals surface area contributed by atoms with E-state index < -0.39 is 0 Å². The fourth-order valence-electron chi connectivity index (χ4n) is 1.00. The van der Waals surface area contributed by atoms with Crippen LogP contribution in [-0.4, -0.2) is 5.91 Å². The van der Waals surface area contributed by atoms with Crippen LogP contribution in [0.2, 0.25) is 0 Å². The molecule has 1 amide bonds. The maximum Gasteiger partial charge on any atom is 0.221 e. The van der Waals surface area contributed by atoms with Gasteiger partial charge in [0.1, 0.15) is 5.82 Å². The Bertz CT molecular complexity index is 328. The van der Waals surface area contributed by atoms with Crippen molar-refractivity contribution < 1.29 is 9.18 Å². The topological polar surface area (TPSA) is 29.1 Å². The highest BCUT2D eigenvalue weighted by Gasteiger charge is 2.05. The number of carbonyl (C=O) groups is 1. The molecule has 0 unspecified atom stereocenters. The highest BCUT2D eigenvalue weighted by molar-refractivity contribution is 9.10. The van der Waals surface area contributed by atoms with Gasteiger partial charge in [0.2, 0.25) is 5.91 Å². The second-order valence-corrected chi connectivity index (χ2v) is 3.56. The first-order chi connectivity index (χ1) is 6.00. The molecule has 0 spiro atoms. The van der Waals surface area contributed by atoms with Crippen LogP contribution in [0.4, 0.5) is 10.1 Å². The maximum absolute atomic E-state index is 13.1. The summed E-state index contributed by atoms with van der Waals surface area (Å²) in [6.45, 7) is 3.15. The minimum atomic E-state index is -0.372. The Morgan fingerprint density at radius 2 is 2.15 bits per heavy atom. The Balaban J connectivity index is 3.06. The third-order valence-corrected chi connectivity index (χ3v) is 2.53. The van der Waals surface area contributed by atoms with Crippen molar-refractivity contribution in [3.05, 3.63) is 28.0 Å². The quantitative estimate of drug-likeness (QED) is 0.810. The van der Waals surface area contributed by atoms with E-state index in [2.05, 4.69) is 21.2 Å². The lowest BCUT2D eigenvalue weighted by Gasteiger charge is -2.05. The number of amides is 1. The molecule has 0 radical (unpaired) electrons. The molecule has 13 heavy (non-hydrogen) atoms. The number of hydrogen-bond acceptors (Lipinski definition) is 1. The number of benzene rings is 1. The van der Waals surface area contributed by atoms with Crippen molar-refractivity contribution in [3.8, 4) is 0 Å². The molecule has 4 heteroatoms. The molecular formula is C9H9BrFNO. The normalized spacial score (nSPS) is 9.85. The molecule has 0 saturated carbocycles. The number of anilines is 1. The van der Waals surface area contributed by atoms with Gasteiger partial charge in [0.25, 0.3) is 0 Å². The highest BCUT2D eigenvalue weighted by Crippen LogP contribution is 2.24. The van der Waals surface area contributed by atoms with Crippen LogP contribution in [0.5, 0.6) is 0 Å². The van der Waals surface area contributed by atoms with Crippen molar-refractivity contribution in [1.29, 1.82) is 0 Å². The van der Waals surface area contributed by atoms with Gasteiger partial charge in [-0.15, -0.1) is 0 Å². The average Bonchev–Trinajstić information content (AvgIpc) is 1.98. The summed E-state index contributed by atoms with van der Waals surface area (Å²) in [5.74, 6) is -0.579. The molecule has 1 aromatic rings. The molecule has 0 heterocycles. The SMILES string of the molecule is CC(=O)Nc1cc(C)c(Br)c(F)c1. The van der Waals surface area contributed by atoms with Crippen molar-refractivity contribution >= 4 is 27.5 Å². The van der Waals surface area contributed by atoms with Gasteiger partial charge >= 0.3 is 0 Å². The van der Waals surface area contributed by atoms with Gasteiger partial charge in [0.05, 0.1) is 4.47 Å². The summed E-state index contributed by atoms with van der Waals surface area (Å²) in [5, 5.41) is 2.51. The first-order valence-electron chi connectivity index (χ1n) is 3.74. The van der Waals surface area contributed by atoms with E-state index in [1.54, 1.807) is 13.0 Å². The van der Waals surface area contributed by atoms with Crippen molar-refractivity contribution in [1.82, 2.24) is 0 Å². The van der Waals surface area contributed by atoms with Gasteiger partial charge in [-0.1, -0.05) is 0 Å². The Labute approximate surface area is 84.3 Å². The number of nitrogens with one attached hydrogen (secondary N) is 1. The zero-order chi connectivity index (χ0) is 10.0. The van der Waals surface area contributed by atoms with Crippen LogP contribution < -0.4 is 5.32 Å². The summed E-state index contributed by atoms with van der Waals surface area (Å²) in [7, 11) is 0. The lowest BCUT2D eigenvalue weighted by molar-refractivity contribution is -0.114. The van der Waals surface area contributed by atoms with Gasteiger partial charge < -0.3 is 5.32 Å². The summed E-state index contributed by atoms with van der Waals surface area (Å²) in [6.07, 6.45) is 0. The Morgan fingerprint density at radius 3 is 2.62 bits per heavy atom. The number of aryl methyl sites for hydroxylation is 1. The molecule has 0 bridgehead atoms. The van der Waals surface area contributed by atoms with Gasteiger partial charge in [-0.3, -0.25) is 4.79 Å². The van der Waals surface area contributed by atoms with Crippen molar-refractivity contribution in [2.45, 2.75) is 13.8 Å². The smallest absolute Gasteiger partial charge is 0.221 e. The second kappa shape index (κ2) is 3.87. The minimum Gasteiger partial charge on any atom is -0.326 e. The maximum atomic E-state index is 13.1. The van der Waals surface area contributed by atoms with E-state index >= 15 is 0 Å². The van der Waals surface area contributed by atoms with Gasteiger partial charge in [-0.25, -0.2) is 4.39 Å². The highest BCUT2D eigenvalue weighted by atomic mass is 79.9. The molecule has 0 aliphatic carbocycles. The van der Waals surface area contributed by atoms with Crippen LogP contribution in [0.25, 0.3) is 0 Å². The Morgan fingerprint density at radius 1 is 1.54 bits per heavy atom. The summed E-state index contributed by atoms with van der Waals surface area (Å²) in [6, 6.07) is 2.98.